The fourth-order valence-electron chi connectivity index (χ4n) is 1.76. The van der Waals surface area contributed by atoms with Gasteiger partial charge in [0.15, 0.2) is 0 Å². The van der Waals surface area contributed by atoms with Crippen LogP contribution >= 0.6 is 39.1 Å². The maximum atomic E-state index is 6.19. The summed E-state index contributed by atoms with van der Waals surface area (Å²) in [5.41, 5.74) is 2.54. The molecule has 0 saturated heterocycles. The van der Waals surface area contributed by atoms with E-state index < -0.39 is 0 Å². The molecule has 1 N–H and O–H groups in total. The predicted molar refractivity (Wildman–Crippen MR) is 87.0 cm³/mol. The second kappa shape index (κ2) is 6.66. The van der Waals surface area contributed by atoms with Gasteiger partial charge in [-0.2, -0.15) is 0 Å². The van der Waals surface area contributed by atoms with Crippen molar-refractivity contribution in [1.29, 1.82) is 0 Å². The van der Waals surface area contributed by atoms with Gasteiger partial charge in [-0.3, -0.25) is 4.98 Å². The van der Waals surface area contributed by atoms with Gasteiger partial charge in [0, 0.05) is 22.3 Å². The molecule has 2 rings (SSSR count). The molecule has 1 aromatic heterocycles. The van der Waals surface area contributed by atoms with Crippen LogP contribution in [0.15, 0.2) is 28.7 Å². The number of anilines is 1. The standard InChI is InChI=1S/C14H13BrCl2N2O/c1-8-5-10(20-2)6-9(19-8)7-18-12-4-3-11(15)13(16)14(12)17/h3-6,18H,7H2,1-2H3. The Kier molecular flexibility index (Phi) is 5.13. The second-order valence-corrected chi connectivity index (χ2v) is 5.83. The lowest BCUT2D eigenvalue weighted by Crippen LogP contribution is -2.03. The van der Waals surface area contributed by atoms with Crippen LogP contribution in [0.3, 0.4) is 0 Å². The Labute approximate surface area is 136 Å². The van der Waals surface area contributed by atoms with Crippen molar-refractivity contribution in [3.63, 3.8) is 0 Å². The number of aromatic nitrogens is 1. The molecule has 0 aliphatic heterocycles. The number of rotatable bonds is 4. The molecule has 0 unspecified atom stereocenters. The maximum absolute atomic E-state index is 6.19. The lowest BCUT2D eigenvalue weighted by Gasteiger charge is -2.11. The molecule has 6 heteroatoms. The Balaban J connectivity index is 2.17. The molecule has 1 heterocycles. The van der Waals surface area contributed by atoms with E-state index in [1.807, 2.05) is 31.2 Å². The van der Waals surface area contributed by atoms with Crippen molar-refractivity contribution in [2.45, 2.75) is 13.5 Å². The third-order valence-electron chi connectivity index (χ3n) is 2.71. The van der Waals surface area contributed by atoms with Crippen LogP contribution in [-0.2, 0) is 6.54 Å². The van der Waals surface area contributed by atoms with E-state index in [0.717, 1.165) is 27.3 Å². The normalized spacial score (nSPS) is 10.4. The first-order valence-electron chi connectivity index (χ1n) is 5.90. The van der Waals surface area contributed by atoms with E-state index >= 15 is 0 Å². The second-order valence-electron chi connectivity index (χ2n) is 4.22. The molecule has 2 aromatic rings. The molecule has 0 bridgehead atoms. The quantitative estimate of drug-likeness (QED) is 0.756. The SMILES string of the molecule is COc1cc(C)nc(CNc2ccc(Br)c(Cl)c2Cl)c1. The number of nitrogens with zero attached hydrogens (tertiary/aromatic N) is 1. The fourth-order valence-corrected chi connectivity index (χ4v) is 2.60. The highest BCUT2D eigenvalue weighted by atomic mass is 79.9. The average Bonchev–Trinajstić information content (AvgIpc) is 2.43. The van der Waals surface area contributed by atoms with E-state index in [1.165, 1.54) is 0 Å². The van der Waals surface area contributed by atoms with Crippen molar-refractivity contribution in [1.82, 2.24) is 4.98 Å². The van der Waals surface area contributed by atoms with Gasteiger partial charge in [-0.15, -0.1) is 0 Å². The summed E-state index contributed by atoms with van der Waals surface area (Å²) in [6, 6.07) is 7.48. The van der Waals surface area contributed by atoms with E-state index in [4.69, 9.17) is 27.9 Å². The molecule has 1 aromatic carbocycles. The Hall–Kier alpha value is -0.970. The number of hydrogen-bond donors (Lipinski definition) is 1. The molecule has 0 amide bonds. The first-order valence-corrected chi connectivity index (χ1v) is 7.45. The predicted octanol–water partition coefficient (Wildman–Crippen LogP) is 5.08. The van der Waals surface area contributed by atoms with Gasteiger partial charge in [-0.05, 0) is 35.0 Å². The van der Waals surface area contributed by atoms with Crippen molar-refractivity contribution in [3.05, 3.63) is 50.2 Å². The van der Waals surface area contributed by atoms with Gasteiger partial charge in [0.05, 0.1) is 35.1 Å². The molecule has 106 valence electrons. The first-order chi connectivity index (χ1) is 9.51. The number of pyridine rings is 1. The molecule has 0 saturated carbocycles. The molecular weight excluding hydrogens is 363 g/mol. The highest BCUT2D eigenvalue weighted by molar-refractivity contribution is 9.10. The van der Waals surface area contributed by atoms with E-state index in [-0.39, 0.29) is 0 Å². The van der Waals surface area contributed by atoms with E-state index in [0.29, 0.717) is 16.6 Å². The topological polar surface area (TPSA) is 34.1 Å². The van der Waals surface area contributed by atoms with Crippen LogP contribution in [0.2, 0.25) is 10.0 Å². The van der Waals surface area contributed by atoms with Crippen LogP contribution in [0.1, 0.15) is 11.4 Å². The van der Waals surface area contributed by atoms with Crippen LogP contribution < -0.4 is 10.1 Å². The van der Waals surface area contributed by atoms with Crippen molar-refractivity contribution in [2.75, 3.05) is 12.4 Å². The number of aryl methyl sites for hydroxylation is 1. The third-order valence-corrected chi connectivity index (χ3v) is 4.48. The summed E-state index contributed by atoms with van der Waals surface area (Å²) in [5.74, 6) is 0.786. The molecule has 0 radical (unpaired) electrons. The molecular formula is C14H13BrCl2N2O. The summed E-state index contributed by atoms with van der Waals surface area (Å²) >= 11 is 15.6. The molecule has 0 spiro atoms. The van der Waals surface area contributed by atoms with Crippen LogP contribution in [0.5, 0.6) is 5.75 Å². The highest BCUT2D eigenvalue weighted by Gasteiger charge is 2.08. The Morgan fingerprint density at radius 3 is 2.70 bits per heavy atom. The summed E-state index contributed by atoms with van der Waals surface area (Å²) in [5, 5.41) is 4.20. The van der Waals surface area contributed by atoms with Crippen LogP contribution in [0.25, 0.3) is 0 Å². The van der Waals surface area contributed by atoms with E-state index in [2.05, 4.69) is 26.2 Å². The van der Waals surface area contributed by atoms with Gasteiger partial charge in [-0.1, -0.05) is 23.2 Å². The van der Waals surface area contributed by atoms with Crippen LogP contribution in [-0.4, -0.2) is 12.1 Å². The van der Waals surface area contributed by atoms with Crippen molar-refractivity contribution < 1.29 is 4.74 Å². The van der Waals surface area contributed by atoms with Crippen molar-refractivity contribution in [2.24, 2.45) is 0 Å². The zero-order chi connectivity index (χ0) is 14.7. The molecule has 0 fully saturated rings. The molecule has 0 aliphatic carbocycles. The summed E-state index contributed by atoms with van der Waals surface area (Å²) in [6.45, 7) is 2.46. The van der Waals surface area contributed by atoms with Gasteiger partial charge >= 0.3 is 0 Å². The van der Waals surface area contributed by atoms with Gasteiger partial charge in [-0.25, -0.2) is 0 Å². The van der Waals surface area contributed by atoms with E-state index in [9.17, 15) is 0 Å². The number of hydrogen-bond acceptors (Lipinski definition) is 3. The summed E-state index contributed by atoms with van der Waals surface area (Å²) < 4.78 is 5.99. The Morgan fingerprint density at radius 2 is 2.00 bits per heavy atom. The fraction of sp³-hybridized carbons (Fsp3) is 0.214. The number of ether oxygens (including phenoxy) is 1. The lowest BCUT2D eigenvalue weighted by molar-refractivity contribution is 0.413. The zero-order valence-corrected chi connectivity index (χ0v) is 14.1. The van der Waals surface area contributed by atoms with Gasteiger partial charge in [0.1, 0.15) is 5.75 Å². The molecule has 0 atom stereocenters. The summed E-state index contributed by atoms with van der Waals surface area (Å²) in [6.07, 6.45) is 0. The van der Waals surface area contributed by atoms with Gasteiger partial charge in [0.25, 0.3) is 0 Å². The van der Waals surface area contributed by atoms with E-state index in [1.54, 1.807) is 7.11 Å². The Bertz CT molecular complexity index is 635. The zero-order valence-electron chi connectivity index (χ0n) is 11.0. The number of methoxy groups -OCH3 is 1. The van der Waals surface area contributed by atoms with Gasteiger partial charge in [0.2, 0.25) is 0 Å². The Morgan fingerprint density at radius 1 is 1.25 bits per heavy atom. The third kappa shape index (κ3) is 3.57. The minimum atomic E-state index is 0.487. The number of halogens is 3. The summed E-state index contributed by atoms with van der Waals surface area (Å²) in [7, 11) is 1.64. The molecule has 20 heavy (non-hydrogen) atoms. The lowest BCUT2D eigenvalue weighted by atomic mass is 10.2. The molecule has 3 nitrogen and oxygen atoms in total. The smallest absolute Gasteiger partial charge is 0.122 e. The van der Waals surface area contributed by atoms with Gasteiger partial charge < -0.3 is 10.1 Å². The molecule has 0 aliphatic rings. The minimum Gasteiger partial charge on any atom is -0.497 e. The highest BCUT2D eigenvalue weighted by Crippen LogP contribution is 2.35. The van der Waals surface area contributed by atoms with Crippen molar-refractivity contribution in [3.8, 4) is 5.75 Å². The average molecular weight is 376 g/mol. The summed E-state index contributed by atoms with van der Waals surface area (Å²) in [4.78, 5) is 4.44. The maximum Gasteiger partial charge on any atom is 0.122 e. The largest absolute Gasteiger partial charge is 0.497 e. The first kappa shape index (κ1) is 15.4. The van der Waals surface area contributed by atoms with Crippen LogP contribution in [0.4, 0.5) is 5.69 Å². The van der Waals surface area contributed by atoms with Crippen molar-refractivity contribution >= 4 is 44.8 Å². The monoisotopic (exact) mass is 374 g/mol. The van der Waals surface area contributed by atoms with Crippen LogP contribution in [0, 0.1) is 6.92 Å². The minimum absolute atomic E-state index is 0.487. The number of benzene rings is 1. The number of nitrogens with one attached hydrogen (secondary N) is 1.